The second-order valence-corrected chi connectivity index (χ2v) is 15.2. The number of hydrogen-bond acceptors (Lipinski definition) is 3. The molecule has 5 rings (SSSR count). The summed E-state index contributed by atoms with van der Waals surface area (Å²) < 4.78 is 0. The highest BCUT2D eigenvalue weighted by Gasteiger charge is 2.71. The summed E-state index contributed by atoms with van der Waals surface area (Å²) in [4.78, 5) is 12.8. The predicted octanol–water partition coefficient (Wildman–Crippen LogP) is 6.20. The molecule has 0 aromatic carbocycles. The van der Waals surface area contributed by atoms with E-state index in [9.17, 15) is 20.1 Å². The van der Waals surface area contributed by atoms with Crippen LogP contribution in [0.2, 0.25) is 0 Å². The maximum absolute atomic E-state index is 12.8. The highest BCUT2D eigenvalue weighted by molar-refractivity contribution is 5.77. The third kappa shape index (κ3) is 2.82. The van der Waals surface area contributed by atoms with E-state index in [0.717, 1.165) is 44.9 Å². The molecule has 3 N–H and O–H groups in total. The van der Waals surface area contributed by atoms with Gasteiger partial charge in [-0.3, -0.25) is 4.79 Å². The number of fused-ring (bicyclic) bond motifs is 7. The molecule has 4 fully saturated rings. The number of aliphatic carboxylic acids is 1. The number of carboxylic acid groups (broad SMARTS) is 1. The molecule has 0 bridgehead atoms. The van der Waals surface area contributed by atoms with Crippen molar-refractivity contribution in [3.05, 3.63) is 11.6 Å². The van der Waals surface area contributed by atoms with Crippen LogP contribution >= 0.6 is 0 Å². The molecule has 0 aromatic rings. The average molecular weight is 473 g/mol. The molecule has 34 heavy (non-hydrogen) atoms. The van der Waals surface area contributed by atoms with Crippen LogP contribution in [0.3, 0.4) is 0 Å². The molecule has 0 radical (unpaired) electrons. The molecule has 9 unspecified atom stereocenters. The fourth-order valence-electron chi connectivity index (χ4n) is 10.7. The van der Waals surface area contributed by atoms with E-state index >= 15 is 0 Å². The number of aliphatic hydroxyl groups is 2. The zero-order valence-corrected chi connectivity index (χ0v) is 22.6. The molecule has 0 heterocycles. The molecule has 0 aliphatic heterocycles. The normalized spacial score (nSPS) is 53.4. The molecule has 4 nitrogen and oxygen atoms in total. The van der Waals surface area contributed by atoms with Gasteiger partial charge in [0, 0.05) is 0 Å². The van der Waals surface area contributed by atoms with E-state index < -0.39 is 17.5 Å². The lowest BCUT2D eigenvalue weighted by atomic mass is 9.33. The topological polar surface area (TPSA) is 77.8 Å². The number of rotatable bonds is 1. The van der Waals surface area contributed by atoms with Crippen LogP contribution < -0.4 is 0 Å². The van der Waals surface area contributed by atoms with Crippen LogP contribution in [-0.2, 0) is 4.79 Å². The van der Waals surface area contributed by atoms with E-state index in [2.05, 4.69) is 54.5 Å². The number of allylic oxidation sites excluding steroid dienone is 2. The van der Waals surface area contributed by atoms with E-state index in [-0.39, 0.29) is 39.1 Å². The van der Waals surface area contributed by atoms with Crippen molar-refractivity contribution >= 4 is 5.97 Å². The zero-order chi connectivity index (χ0) is 25.1. The van der Waals surface area contributed by atoms with Crippen molar-refractivity contribution in [2.45, 2.75) is 118 Å². The van der Waals surface area contributed by atoms with Crippen LogP contribution in [-0.4, -0.2) is 33.5 Å². The van der Waals surface area contributed by atoms with Crippen molar-refractivity contribution in [3.63, 3.8) is 0 Å². The second kappa shape index (κ2) is 7.12. The van der Waals surface area contributed by atoms with Gasteiger partial charge < -0.3 is 15.3 Å². The van der Waals surface area contributed by atoms with Gasteiger partial charge in [-0.2, -0.15) is 0 Å². The number of carbonyl (C=O) groups is 1. The lowest BCUT2D eigenvalue weighted by Crippen LogP contribution is -2.67. The summed E-state index contributed by atoms with van der Waals surface area (Å²) in [7, 11) is 0. The van der Waals surface area contributed by atoms with Crippen LogP contribution in [0.5, 0.6) is 0 Å². The molecular weight excluding hydrogens is 424 g/mol. The molecule has 4 heteroatoms. The average Bonchev–Trinajstić information content (AvgIpc) is 2.71. The minimum absolute atomic E-state index is 0.0218. The van der Waals surface area contributed by atoms with Crippen molar-refractivity contribution in [2.24, 2.45) is 50.2 Å². The van der Waals surface area contributed by atoms with E-state index in [0.29, 0.717) is 24.7 Å². The molecule has 5 aliphatic rings. The second-order valence-electron chi connectivity index (χ2n) is 15.2. The first-order valence-electron chi connectivity index (χ1n) is 13.9. The fraction of sp³-hybridized carbons (Fsp3) is 0.900. The van der Waals surface area contributed by atoms with Gasteiger partial charge in [0.2, 0.25) is 0 Å². The Bertz CT molecular complexity index is 919. The first-order chi connectivity index (χ1) is 15.6. The van der Waals surface area contributed by atoms with E-state index in [1.165, 1.54) is 5.57 Å². The molecule has 0 amide bonds. The lowest BCUT2D eigenvalue weighted by molar-refractivity contribution is -0.218. The summed E-state index contributed by atoms with van der Waals surface area (Å²) in [6, 6.07) is 0. The maximum Gasteiger partial charge on any atom is 0.312 e. The molecule has 9 atom stereocenters. The zero-order valence-electron chi connectivity index (χ0n) is 22.6. The summed E-state index contributed by atoms with van der Waals surface area (Å²) in [6.45, 7) is 16.4. The fourth-order valence-corrected chi connectivity index (χ4v) is 10.7. The third-order valence-corrected chi connectivity index (χ3v) is 13.1. The molecule has 4 saturated carbocycles. The molecule has 0 saturated heterocycles. The Hall–Kier alpha value is -0.870. The summed E-state index contributed by atoms with van der Waals surface area (Å²) in [5.74, 6) is 0.0888. The third-order valence-electron chi connectivity index (χ3n) is 13.1. The standard InChI is InChI=1S/C30H48O4/c1-25(2)14-15-30(24(33)34)19(16-25)18-8-9-21-27(5)12-11-22(31)26(3,4)20(27)10-13-28(21,6)29(18,7)17-23(30)32/h8,19-23,31-32H,9-17H2,1-7H3,(H,33,34). The summed E-state index contributed by atoms with van der Waals surface area (Å²) in [5.41, 5.74) is 0.295. The summed E-state index contributed by atoms with van der Waals surface area (Å²) in [5, 5.41) is 33.1. The van der Waals surface area contributed by atoms with Gasteiger partial charge in [-0.05, 0) is 103 Å². The number of hydrogen-bond donors (Lipinski definition) is 3. The van der Waals surface area contributed by atoms with Gasteiger partial charge in [-0.1, -0.05) is 60.1 Å². The number of carboxylic acids is 1. The Labute approximate surface area is 206 Å². The molecule has 5 aliphatic carbocycles. The molecule has 192 valence electrons. The van der Waals surface area contributed by atoms with Crippen LogP contribution in [0.1, 0.15) is 106 Å². The Kier molecular flexibility index (Phi) is 5.20. The van der Waals surface area contributed by atoms with Gasteiger partial charge in [-0.15, -0.1) is 0 Å². The van der Waals surface area contributed by atoms with Crippen molar-refractivity contribution in [3.8, 4) is 0 Å². The van der Waals surface area contributed by atoms with Crippen molar-refractivity contribution in [2.75, 3.05) is 0 Å². The smallest absolute Gasteiger partial charge is 0.312 e. The SMILES string of the molecule is CC1(C)CCC2(C(=O)O)C(O)CC3(C)C(=CCC4C5(C)CCC(O)C(C)(C)C5CCC43C)C2C1. The molecule has 0 aromatic heterocycles. The predicted molar refractivity (Wildman–Crippen MR) is 134 cm³/mol. The highest BCUT2D eigenvalue weighted by atomic mass is 16.4. The van der Waals surface area contributed by atoms with E-state index in [1.807, 2.05) is 0 Å². The summed E-state index contributed by atoms with van der Waals surface area (Å²) in [6.07, 6.45) is 9.35. The number of aliphatic hydroxyl groups excluding tert-OH is 2. The minimum Gasteiger partial charge on any atom is -0.481 e. The quantitative estimate of drug-likeness (QED) is 0.397. The van der Waals surface area contributed by atoms with Crippen molar-refractivity contribution < 1.29 is 20.1 Å². The largest absolute Gasteiger partial charge is 0.481 e. The van der Waals surface area contributed by atoms with Gasteiger partial charge in [0.25, 0.3) is 0 Å². The van der Waals surface area contributed by atoms with Crippen molar-refractivity contribution in [1.82, 2.24) is 0 Å². The van der Waals surface area contributed by atoms with Gasteiger partial charge >= 0.3 is 5.97 Å². The van der Waals surface area contributed by atoms with Crippen LogP contribution in [0.15, 0.2) is 11.6 Å². The lowest BCUT2D eigenvalue weighted by Gasteiger charge is -2.71. The van der Waals surface area contributed by atoms with Crippen LogP contribution in [0.4, 0.5) is 0 Å². The van der Waals surface area contributed by atoms with E-state index in [4.69, 9.17) is 0 Å². The van der Waals surface area contributed by atoms with Crippen molar-refractivity contribution in [1.29, 1.82) is 0 Å². The van der Waals surface area contributed by atoms with Gasteiger partial charge in [0.1, 0.15) is 5.41 Å². The van der Waals surface area contributed by atoms with Crippen LogP contribution in [0.25, 0.3) is 0 Å². The van der Waals surface area contributed by atoms with Crippen LogP contribution in [0, 0.1) is 50.2 Å². The maximum atomic E-state index is 12.8. The first-order valence-corrected chi connectivity index (χ1v) is 13.9. The summed E-state index contributed by atoms with van der Waals surface area (Å²) >= 11 is 0. The molecule has 0 spiro atoms. The monoisotopic (exact) mass is 472 g/mol. The van der Waals surface area contributed by atoms with Gasteiger partial charge in [-0.25, -0.2) is 0 Å². The minimum atomic E-state index is -1.04. The van der Waals surface area contributed by atoms with E-state index in [1.54, 1.807) is 0 Å². The Morgan fingerprint density at radius 1 is 0.853 bits per heavy atom. The Balaban J connectivity index is 1.63. The highest BCUT2D eigenvalue weighted by Crippen LogP contribution is 2.75. The molecular formula is C30H48O4. The van der Waals surface area contributed by atoms with Gasteiger partial charge in [0.05, 0.1) is 12.2 Å². The Morgan fingerprint density at radius 3 is 2.18 bits per heavy atom. The first kappa shape index (κ1) is 24.8. The Morgan fingerprint density at radius 2 is 1.53 bits per heavy atom. The van der Waals surface area contributed by atoms with Gasteiger partial charge in [0.15, 0.2) is 0 Å².